The second kappa shape index (κ2) is 13.4. The third-order valence-corrected chi connectivity index (χ3v) is 8.84. The number of carboxylic acids is 1. The van der Waals surface area contributed by atoms with E-state index < -0.39 is 29.2 Å². The number of hydrogen-bond acceptors (Lipinski definition) is 8. The van der Waals surface area contributed by atoms with E-state index in [2.05, 4.69) is 24.4 Å². The van der Waals surface area contributed by atoms with Crippen molar-refractivity contribution in [1.29, 1.82) is 5.26 Å². The number of hydrogen-bond donors (Lipinski definition) is 3. The minimum atomic E-state index is -1.69. The summed E-state index contributed by atoms with van der Waals surface area (Å²) in [6.45, 7) is 3.48. The Kier molecular flexibility index (Phi) is 9.15. The molecule has 10 heteroatoms. The van der Waals surface area contributed by atoms with E-state index in [9.17, 15) is 20.3 Å². The molecule has 4 atom stereocenters. The lowest BCUT2D eigenvalue weighted by Gasteiger charge is -2.34. The fourth-order valence-electron chi connectivity index (χ4n) is 5.98. The van der Waals surface area contributed by atoms with Crippen molar-refractivity contribution >= 4 is 17.6 Å². The molecule has 2 heterocycles. The number of aliphatic hydroxyl groups is 1. The molecule has 46 heavy (non-hydrogen) atoms. The standard InChI is InChI=1S/C36H33ClN2O7/c1-22-27(6-3-7-29(22)26-10-13-31-32(17-26)44-15-14-43-31)21-45-28-11-8-25(9-12-28)33(36(35(41)42)18-30(40)34(37)39-36)46-20-24-5-2-4-23(16-24)19-38/h2-13,16-17,30,33-34,39-40H,14-15,18,20-21H2,1H3,(H,41,42). The lowest BCUT2D eigenvalue weighted by atomic mass is 9.85. The number of nitrogens with zero attached hydrogens (tertiary/aromatic N) is 1. The summed E-state index contributed by atoms with van der Waals surface area (Å²) in [5.41, 5.74) is 3.27. The predicted molar refractivity (Wildman–Crippen MR) is 171 cm³/mol. The fraction of sp³-hybridized carbons (Fsp3) is 0.278. The lowest BCUT2D eigenvalue weighted by molar-refractivity contribution is -0.153. The summed E-state index contributed by atoms with van der Waals surface area (Å²) in [4.78, 5) is 12.7. The van der Waals surface area contributed by atoms with Crippen molar-refractivity contribution < 1.29 is 34.0 Å². The summed E-state index contributed by atoms with van der Waals surface area (Å²) < 4.78 is 23.9. The molecule has 3 N–H and O–H groups in total. The van der Waals surface area contributed by atoms with Crippen LogP contribution in [0.2, 0.25) is 0 Å². The Balaban J connectivity index is 1.21. The van der Waals surface area contributed by atoms with Gasteiger partial charge in [-0.15, -0.1) is 11.6 Å². The Morgan fingerprint density at radius 1 is 1.04 bits per heavy atom. The van der Waals surface area contributed by atoms with Gasteiger partial charge in [-0.2, -0.15) is 5.26 Å². The van der Waals surface area contributed by atoms with Crippen molar-refractivity contribution in [3.05, 3.63) is 113 Å². The smallest absolute Gasteiger partial charge is 0.327 e. The van der Waals surface area contributed by atoms with Crippen LogP contribution in [0.4, 0.5) is 0 Å². The maximum Gasteiger partial charge on any atom is 0.327 e. The average molecular weight is 641 g/mol. The van der Waals surface area contributed by atoms with Gasteiger partial charge in [-0.1, -0.05) is 48.5 Å². The number of alkyl halides is 1. The first kappa shape index (κ1) is 31.4. The van der Waals surface area contributed by atoms with Gasteiger partial charge < -0.3 is 29.2 Å². The van der Waals surface area contributed by atoms with Crippen LogP contribution in [0.5, 0.6) is 17.2 Å². The van der Waals surface area contributed by atoms with Crippen LogP contribution in [0, 0.1) is 18.3 Å². The predicted octanol–water partition coefficient (Wildman–Crippen LogP) is 5.88. The molecule has 4 aromatic rings. The van der Waals surface area contributed by atoms with E-state index in [4.69, 9.17) is 30.5 Å². The van der Waals surface area contributed by atoms with Gasteiger partial charge in [0, 0.05) is 6.42 Å². The van der Waals surface area contributed by atoms with Crippen LogP contribution in [-0.4, -0.2) is 46.5 Å². The van der Waals surface area contributed by atoms with Gasteiger partial charge in [0.1, 0.15) is 37.2 Å². The summed E-state index contributed by atoms with van der Waals surface area (Å²) >= 11 is 6.25. The van der Waals surface area contributed by atoms with Crippen LogP contribution in [0.15, 0.2) is 84.9 Å². The Morgan fingerprint density at radius 3 is 2.52 bits per heavy atom. The van der Waals surface area contributed by atoms with E-state index >= 15 is 0 Å². The molecule has 1 fully saturated rings. The zero-order valence-electron chi connectivity index (χ0n) is 25.1. The van der Waals surface area contributed by atoms with Crippen LogP contribution in [0.25, 0.3) is 11.1 Å². The van der Waals surface area contributed by atoms with Crippen molar-refractivity contribution in [3.63, 3.8) is 0 Å². The van der Waals surface area contributed by atoms with Crippen molar-refractivity contribution in [1.82, 2.24) is 5.32 Å². The molecule has 1 saturated heterocycles. The first-order valence-electron chi connectivity index (χ1n) is 14.9. The largest absolute Gasteiger partial charge is 0.489 e. The molecule has 0 aromatic heterocycles. The average Bonchev–Trinajstić information content (AvgIpc) is 3.39. The Hall–Kier alpha value is -4.59. The molecule has 236 valence electrons. The normalized spacial score (nSPS) is 20.9. The first-order valence-corrected chi connectivity index (χ1v) is 15.4. The van der Waals surface area contributed by atoms with E-state index in [-0.39, 0.29) is 13.0 Å². The molecule has 0 saturated carbocycles. The van der Waals surface area contributed by atoms with E-state index in [1.807, 2.05) is 30.3 Å². The minimum Gasteiger partial charge on any atom is -0.489 e. The highest BCUT2D eigenvalue weighted by Crippen LogP contribution is 2.41. The van der Waals surface area contributed by atoms with Crippen LogP contribution >= 0.6 is 11.6 Å². The zero-order valence-corrected chi connectivity index (χ0v) is 25.9. The Labute approximate surface area is 271 Å². The quantitative estimate of drug-likeness (QED) is 0.144. The molecule has 4 aromatic carbocycles. The summed E-state index contributed by atoms with van der Waals surface area (Å²) in [6, 6.07) is 28.1. The highest BCUT2D eigenvalue weighted by molar-refractivity contribution is 6.21. The first-order chi connectivity index (χ1) is 22.3. The van der Waals surface area contributed by atoms with Gasteiger partial charge in [-0.25, -0.2) is 0 Å². The van der Waals surface area contributed by atoms with E-state index in [0.717, 1.165) is 33.8 Å². The Bertz CT molecular complexity index is 1760. The topological polar surface area (TPSA) is 130 Å². The number of aliphatic carboxylic acids is 1. The van der Waals surface area contributed by atoms with Crippen molar-refractivity contribution in [2.45, 2.75) is 49.8 Å². The number of carboxylic acid groups (broad SMARTS) is 1. The van der Waals surface area contributed by atoms with Crippen molar-refractivity contribution in [2.75, 3.05) is 13.2 Å². The van der Waals surface area contributed by atoms with Gasteiger partial charge in [0.25, 0.3) is 0 Å². The van der Waals surface area contributed by atoms with Gasteiger partial charge >= 0.3 is 5.97 Å². The summed E-state index contributed by atoms with van der Waals surface area (Å²) in [6.07, 6.45) is -2.26. The number of nitriles is 1. The minimum absolute atomic E-state index is 0.0389. The summed E-state index contributed by atoms with van der Waals surface area (Å²) in [5.74, 6) is 0.871. The third kappa shape index (κ3) is 6.39. The molecule has 0 radical (unpaired) electrons. The van der Waals surface area contributed by atoms with Crippen LogP contribution in [0.3, 0.4) is 0 Å². The van der Waals surface area contributed by atoms with Gasteiger partial charge in [0.15, 0.2) is 17.0 Å². The van der Waals surface area contributed by atoms with Crippen LogP contribution in [-0.2, 0) is 22.7 Å². The number of benzene rings is 4. The fourth-order valence-corrected chi connectivity index (χ4v) is 6.26. The van der Waals surface area contributed by atoms with Crippen molar-refractivity contribution in [3.8, 4) is 34.4 Å². The molecule has 9 nitrogen and oxygen atoms in total. The maximum absolute atomic E-state index is 12.7. The highest BCUT2D eigenvalue weighted by atomic mass is 35.5. The molecule has 4 unspecified atom stereocenters. The third-order valence-electron chi connectivity index (χ3n) is 8.44. The lowest BCUT2D eigenvalue weighted by Crippen LogP contribution is -2.54. The molecule has 0 aliphatic carbocycles. The van der Waals surface area contributed by atoms with Gasteiger partial charge in [-0.05, 0) is 76.7 Å². The van der Waals surface area contributed by atoms with E-state index in [0.29, 0.717) is 42.3 Å². The highest BCUT2D eigenvalue weighted by Gasteiger charge is 2.55. The molecule has 2 aliphatic rings. The molecule has 0 spiro atoms. The van der Waals surface area contributed by atoms with Crippen LogP contribution in [0.1, 0.15) is 40.3 Å². The van der Waals surface area contributed by atoms with Gasteiger partial charge in [-0.3, -0.25) is 10.1 Å². The number of nitrogens with one attached hydrogen (secondary N) is 1. The van der Waals surface area contributed by atoms with Crippen molar-refractivity contribution in [2.24, 2.45) is 0 Å². The van der Waals surface area contributed by atoms with E-state index in [1.165, 1.54) is 0 Å². The molecule has 0 bridgehead atoms. The second-order valence-electron chi connectivity index (χ2n) is 11.4. The molecule has 6 rings (SSSR count). The molecular formula is C36H33ClN2O7. The zero-order chi connectivity index (χ0) is 32.3. The number of aliphatic hydroxyl groups excluding tert-OH is 1. The Morgan fingerprint density at radius 2 is 1.80 bits per heavy atom. The number of rotatable bonds is 10. The number of fused-ring (bicyclic) bond motifs is 1. The van der Waals surface area contributed by atoms with Gasteiger partial charge in [0.05, 0.1) is 24.3 Å². The maximum atomic E-state index is 12.7. The SMILES string of the molecule is Cc1c(COc2ccc(C(OCc3cccc(C#N)c3)C3(C(=O)O)CC(O)C(Cl)N3)cc2)cccc1-c1ccc2c(c1)OCCO2. The molecule has 2 aliphatic heterocycles. The monoisotopic (exact) mass is 640 g/mol. The van der Waals surface area contributed by atoms with E-state index in [1.54, 1.807) is 48.5 Å². The summed E-state index contributed by atoms with van der Waals surface area (Å²) in [5, 5.41) is 33.0. The number of carbonyl (C=O) groups is 1. The second-order valence-corrected chi connectivity index (χ2v) is 11.9. The molecule has 0 amide bonds. The summed E-state index contributed by atoms with van der Waals surface area (Å²) in [7, 11) is 0. The number of halogens is 1. The van der Waals surface area contributed by atoms with Crippen LogP contribution < -0.4 is 19.5 Å². The number of ether oxygens (including phenoxy) is 4. The van der Waals surface area contributed by atoms with Gasteiger partial charge in [0.2, 0.25) is 0 Å². The molecular weight excluding hydrogens is 608 g/mol.